The van der Waals surface area contributed by atoms with Crippen LogP contribution in [0.15, 0.2) is 9.93 Å². The fourth-order valence-electron chi connectivity index (χ4n) is 0.994. The fraction of sp³-hybridized carbons (Fsp3) is 0.375. The first-order valence-electron chi connectivity index (χ1n) is 4.06. The molecule has 0 fully saturated rings. The molecule has 0 aromatic carbocycles. The number of aryl methyl sites for hydroxylation is 1. The molecule has 0 saturated heterocycles. The van der Waals surface area contributed by atoms with Gasteiger partial charge in [0.25, 0.3) is 5.89 Å². The second kappa shape index (κ2) is 3.67. The first-order valence-corrected chi connectivity index (χ1v) is 5.38. The lowest BCUT2D eigenvalue weighted by molar-refractivity contribution is 0.508. The van der Waals surface area contributed by atoms with Gasteiger partial charge in [0.2, 0.25) is 5.89 Å². The molecule has 0 spiro atoms. The van der Waals surface area contributed by atoms with Gasteiger partial charge in [-0.2, -0.15) is 0 Å². The number of hydrogen-bond acceptors (Lipinski definition) is 5. The Kier molecular flexibility index (Phi) is 2.52. The maximum atomic E-state index is 5.81. The van der Waals surface area contributed by atoms with E-state index in [9.17, 15) is 0 Å². The summed E-state index contributed by atoms with van der Waals surface area (Å²) < 4.78 is 5.39. The van der Waals surface area contributed by atoms with Crippen molar-refractivity contribution in [2.45, 2.75) is 19.2 Å². The van der Waals surface area contributed by atoms with Crippen LogP contribution in [-0.2, 0) is 0 Å². The molecule has 74 valence electrons. The molecular formula is C8H8ClN3OS. The van der Waals surface area contributed by atoms with Gasteiger partial charge in [-0.3, -0.25) is 0 Å². The molecule has 6 heteroatoms. The third-order valence-corrected chi connectivity index (χ3v) is 2.82. The van der Waals surface area contributed by atoms with Crippen molar-refractivity contribution in [3.8, 4) is 10.8 Å². The van der Waals surface area contributed by atoms with Crippen LogP contribution in [0.3, 0.4) is 0 Å². The summed E-state index contributed by atoms with van der Waals surface area (Å²) in [4.78, 5) is 5.01. The van der Waals surface area contributed by atoms with Crippen LogP contribution in [0.25, 0.3) is 10.8 Å². The Labute approximate surface area is 89.9 Å². The zero-order valence-electron chi connectivity index (χ0n) is 7.69. The second-order valence-corrected chi connectivity index (χ2v) is 4.34. The molecular weight excluding hydrogens is 222 g/mol. The lowest BCUT2D eigenvalue weighted by Gasteiger charge is -1.92. The Bertz CT molecular complexity index is 437. The molecule has 14 heavy (non-hydrogen) atoms. The molecule has 0 aliphatic heterocycles. The number of aromatic nitrogens is 3. The van der Waals surface area contributed by atoms with Gasteiger partial charge in [-0.1, -0.05) is 0 Å². The summed E-state index contributed by atoms with van der Waals surface area (Å²) in [5.41, 5.74) is 2.64. The van der Waals surface area contributed by atoms with Gasteiger partial charge in [-0.25, -0.2) is 4.98 Å². The highest BCUT2D eigenvalue weighted by molar-refractivity contribution is 7.13. The van der Waals surface area contributed by atoms with Crippen molar-refractivity contribution in [3.63, 3.8) is 0 Å². The molecule has 2 aromatic rings. The van der Waals surface area contributed by atoms with Gasteiger partial charge < -0.3 is 4.42 Å². The van der Waals surface area contributed by atoms with Crippen LogP contribution in [-0.4, -0.2) is 15.2 Å². The molecule has 2 aromatic heterocycles. The number of nitrogens with zero attached hydrogens (tertiary/aromatic N) is 3. The summed E-state index contributed by atoms with van der Waals surface area (Å²) in [6, 6.07) is 0. The number of thiazole rings is 1. The highest BCUT2D eigenvalue weighted by Gasteiger charge is 2.15. The van der Waals surface area contributed by atoms with Crippen LogP contribution >= 0.6 is 22.9 Å². The normalized spacial score (nSPS) is 13.1. The molecule has 1 atom stereocenters. The van der Waals surface area contributed by atoms with Gasteiger partial charge in [-0.05, 0) is 13.8 Å². The van der Waals surface area contributed by atoms with Crippen molar-refractivity contribution in [2.24, 2.45) is 0 Å². The van der Waals surface area contributed by atoms with E-state index in [1.54, 1.807) is 12.4 Å². The summed E-state index contributed by atoms with van der Waals surface area (Å²) in [6.07, 6.45) is 0. The van der Waals surface area contributed by atoms with E-state index in [0.29, 0.717) is 11.8 Å². The predicted octanol–water partition coefficient (Wildman–Crippen LogP) is 2.80. The SMILES string of the molecule is Cc1ncsc1-c1nnc(C(C)Cl)o1. The van der Waals surface area contributed by atoms with Gasteiger partial charge in [0.1, 0.15) is 10.3 Å². The fourth-order valence-corrected chi connectivity index (χ4v) is 1.81. The molecule has 0 saturated carbocycles. The average Bonchev–Trinajstić information content (AvgIpc) is 2.71. The van der Waals surface area contributed by atoms with Gasteiger partial charge in [0, 0.05) is 0 Å². The third-order valence-electron chi connectivity index (χ3n) is 1.72. The number of halogens is 1. The van der Waals surface area contributed by atoms with Crippen LogP contribution in [0.4, 0.5) is 0 Å². The zero-order valence-corrected chi connectivity index (χ0v) is 9.26. The Balaban J connectivity index is 2.39. The Morgan fingerprint density at radius 3 is 2.79 bits per heavy atom. The van der Waals surface area contributed by atoms with Gasteiger partial charge in [-0.15, -0.1) is 33.1 Å². The minimum atomic E-state index is -0.260. The summed E-state index contributed by atoms with van der Waals surface area (Å²) in [6.45, 7) is 3.69. The minimum absolute atomic E-state index is 0.260. The molecule has 2 heterocycles. The minimum Gasteiger partial charge on any atom is -0.418 e. The van der Waals surface area contributed by atoms with Gasteiger partial charge in [0.15, 0.2) is 0 Å². The van der Waals surface area contributed by atoms with E-state index in [4.69, 9.17) is 16.0 Å². The van der Waals surface area contributed by atoms with Crippen LogP contribution < -0.4 is 0 Å². The standard InChI is InChI=1S/C8H8ClN3OS/c1-4(9)7-11-12-8(13-7)6-5(2)10-3-14-6/h3-4H,1-2H3. The summed E-state index contributed by atoms with van der Waals surface area (Å²) in [7, 11) is 0. The zero-order chi connectivity index (χ0) is 10.1. The van der Waals surface area contributed by atoms with Crippen molar-refractivity contribution in [3.05, 3.63) is 17.1 Å². The van der Waals surface area contributed by atoms with Crippen LogP contribution in [0.2, 0.25) is 0 Å². The molecule has 0 amide bonds. The first-order chi connectivity index (χ1) is 6.68. The summed E-state index contributed by atoms with van der Waals surface area (Å²) in [5.74, 6) is 0.932. The van der Waals surface area contributed by atoms with E-state index < -0.39 is 0 Å². The lowest BCUT2D eigenvalue weighted by atomic mass is 10.4. The quantitative estimate of drug-likeness (QED) is 0.743. The average molecular weight is 230 g/mol. The number of hydrogen-bond donors (Lipinski definition) is 0. The van der Waals surface area contributed by atoms with Crippen molar-refractivity contribution >= 4 is 22.9 Å². The van der Waals surface area contributed by atoms with Gasteiger partial charge >= 0.3 is 0 Å². The topological polar surface area (TPSA) is 51.8 Å². The summed E-state index contributed by atoms with van der Waals surface area (Å²) in [5, 5.41) is 7.49. The lowest BCUT2D eigenvalue weighted by Crippen LogP contribution is -1.81. The molecule has 0 N–H and O–H groups in total. The number of rotatable bonds is 2. The van der Waals surface area contributed by atoms with Crippen molar-refractivity contribution in [2.75, 3.05) is 0 Å². The second-order valence-electron chi connectivity index (χ2n) is 2.83. The van der Waals surface area contributed by atoms with Gasteiger partial charge in [0.05, 0.1) is 11.2 Å². The van der Waals surface area contributed by atoms with Crippen molar-refractivity contribution in [1.29, 1.82) is 0 Å². The maximum absolute atomic E-state index is 5.81. The Morgan fingerprint density at radius 2 is 2.29 bits per heavy atom. The van der Waals surface area contributed by atoms with Crippen molar-refractivity contribution in [1.82, 2.24) is 15.2 Å². The van der Waals surface area contributed by atoms with E-state index in [2.05, 4.69) is 15.2 Å². The highest BCUT2D eigenvalue weighted by atomic mass is 35.5. The van der Waals surface area contributed by atoms with Crippen LogP contribution in [0.5, 0.6) is 0 Å². The molecule has 4 nitrogen and oxygen atoms in total. The Hall–Kier alpha value is -0.940. The largest absolute Gasteiger partial charge is 0.418 e. The predicted molar refractivity (Wildman–Crippen MR) is 54.4 cm³/mol. The molecule has 0 bridgehead atoms. The number of alkyl halides is 1. The Morgan fingerprint density at radius 1 is 1.50 bits per heavy atom. The van der Waals surface area contributed by atoms with Crippen LogP contribution in [0, 0.1) is 6.92 Å². The molecule has 0 aliphatic carbocycles. The monoisotopic (exact) mass is 229 g/mol. The first kappa shape index (κ1) is 9.61. The molecule has 0 aliphatic rings. The maximum Gasteiger partial charge on any atom is 0.259 e. The van der Waals surface area contributed by atoms with E-state index in [-0.39, 0.29) is 5.38 Å². The van der Waals surface area contributed by atoms with E-state index in [1.807, 2.05) is 6.92 Å². The molecule has 0 radical (unpaired) electrons. The molecule has 2 rings (SSSR count). The summed E-state index contributed by atoms with van der Waals surface area (Å²) >= 11 is 7.29. The molecule has 1 unspecified atom stereocenters. The van der Waals surface area contributed by atoms with E-state index in [0.717, 1.165) is 10.6 Å². The van der Waals surface area contributed by atoms with Crippen molar-refractivity contribution < 1.29 is 4.42 Å². The van der Waals surface area contributed by atoms with E-state index in [1.165, 1.54) is 11.3 Å². The van der Waals surface area contributed by atoms with E-state index >= 15 is 0 Å². The smallest absolute Gasteiger partial charge is 0.259 e. The third kappa shape index (κ3) is 1.65. The highest BCUT2D eigenvalue weighted by Crippen LogP contribution is 2.28. The van der Waals surface area contributed by atoms with Crippen LogP contribution in [0.1, 0.15) is 23.9 Å².